The molecular weight excluding hydrogens is 278 g/mol. The van der Waals surface area contributed by atoms with E-state index in [1.807, 2.05) is 6.92 Å². The van der Waals surface area contributed by atoms with Crippen LogP contribution in [0.2, 0.25) is 0 Å². The first-order valence-electron chi connectivity index (χ1n) is 6.77. The third-order valence-corrected chi connectivity index (χ3v) is 4.43. The highest BCUT2D eigenvalue weighted by atomic mass is 32.2. The highest BCUT2D eigenvalue weighted by molar-refractivity contribution is 7.91. The molecule has 5 nitrogen and oxygen atoms in total. The molecule has 0 aliphatic rings. The van der Waals surface area contributed by atoms with E-state index in [0.717, 1.165) is 12.0 Å². The molecular formula is C14H23NO4S. The fourth-order valence-electron chi connectivity index (χ4n) is 1.59. The molecule has 0 atom stereocenters. The van der Waals surface area contributed by atoms with Crippen LogP contribution in [0.25, 0.3) is 0 Å². The number of ether oxygens (including phenoxy) is 2. The van der Waals surface area contributed by atoms with Gasteiger partial charge in [0.25, 0.3) is 0 Å². The van der Waals surface area contributed by atoms with E-state index in [1.165, 1.54) is 0 Å². The van der Waals surface area contributed by atoms with Crippen molar-refractivity contribution in [3.8, 4) is 0 Å². The first kappa shape index (κ1) is 17.1. The first-order chi connectivity index (χ1) is 9.60. The zero-order chi connectivity index (χ0) is 14.8. The van der Waals surface area contributed by atoms with Crippen molar-refractivity contribution in [1.29, 1.82) is 0 Å². The molecule has 2 N–H and O–H groups in total. The van der Waals surface area contributed by atoms with Crippen LogP contribution in [0.1, 0.15) is 18.9 Å². The molecule has 0 unspecified atom stereocenters. The molecule has 1 rings (SSSR count). The molecule has 6 heteroatoms. The average Bonchev–Trinajstić information content (AvgIpc) is 2.46. The van der Waals surface area contributed by atoms with Gasteiger partial charge in [0, 0.05) is 13.2 Å². The quantitative estimate of drug-likeness (QED) is 0.660. The van der Waals surface area contributed by atoms with Crippen molar-refractivity contribution in [1.82, 2.24) is 0 Å². The van der Waals surface area contributed by atoms with E-state index in [0.29, 0.717) is 31.3 Å². The molecule has 0 aliphatic carbocycles. The smallest absolute Gasteiger partial charge is 0.180 e. The lowest BCUT2D eigenvalue weighted by Crippen LogP contribution is -2.15. The summed E-state index contributed by atoms with van der Waals surface area (Å²) in [7, 11) is -3.29. The van der Waals surface area contributed by atoms with Crippen LogP contribution in [0.4, 0.5) is 0 Å². The summed E-state index contributed by atoms with van der Waals surface area (Å²) in [5.74, 6) is -0.0251. The maximum Gasteiger partial charge on any atom is 0.180 e. The number of nitrogens with two attached hydrogens (primary N) is 1. The van der Waals surface area contributed by atoms with Crippen LogP contribution in [0, 0.1) is 0 Å². The molecule has 114 valence electrons. The Bertz CT molecular complexity index is 470. The molecule has 0 amide bonds. The molecule has 0 aromatic heterocycles. The Kier molecular flexibility index (Phi) is 7.76. The van der Waals surface area contributed by atoms with Gasteiger partial charge in [0.2, 0.25) is 0 Å². The van der Waals surface area contributed by atoms with Gasteiger partial charge in [-0.2, -0.15) is 0 Å². The lowest BCUT2D eigenvalue weighted by Gasteiger charge is -2.07. The molecule has 0 heterocycles. The van der Waals surface area contributed by atoms with Crippen molar-refractivity contribution in [3.05, 3.63) is 29.8 Å². The van der Waals surface area contributed by atoms with Gasteiger partial charge in [-0.15, -0.1) is 0 Å². The van der Waals surface area contributed by atoms with Crippen molar-refractivity contribution in [2.75, 3.05) is 32.2 Å². The van der Waals surface area contributed by atoms with E-state index < -0.39 is 9.84 Å². The molecule has 0 saturated heterocycles. The Morgan fingerprint density at radius 2 is 1.60 bits per heavy atom. The Balaban J connectivity index is 2.33. The van der Waals surface area contributed by atoms with Crippen molar-refractivity contribution >= 4 is 9.84 Å². The van der Waals surface area contributed by atoms with E-state index in [1.54, 1.807) is 24.3 Å². The summed E-state index contributed by atoms with van der Waals surface area (Å²) < 4.78 is 34.5. The second-order valence-electron chi connectivity index (χ2n) is 4.39. The van der Waals surface area contributed by atoms with Crippen molar-refractivity contribution in [2.24, 2.45) is 5.73 Å². The minimum atomic E-state index is -3.29. The Morgan fingerprint density at radius 3 is 2.15 bits per heavy atom. The van der Waals surface area contributed by atoms with Crippen LogP contribution < -0.4 is 5.73 Å². The third kappa shape index (κ3) is 6.00. The maximum atomic E-state index is 12.0. The minimum Gasteiger partial charge on any atom is -0.379 e. The van der Waals surface area contributed by atoms with Crippen LogP contribution in [-0.4, -0.2) is 40.6 Å². The largest absolute Gasteiger partial charge is 0.379 e. The van der Waals surface area contributed by atoms with Gasteiger partial charge in [-0.25, -0.2) is 8.42 Å². The van der Waals surface area contributed by atoms with Gasteiger partial charge >= 0.3 is 0 Å². The van der Waals surface area contributed by atoms with E-state index in [2.05, 4.69) is 0 Å². The van der Waals surface area contributed by atoms with Crippen molar-refractivity contribution in [2.45, 2.75) is 24.8 Å². The summed E-state index contributed by atoms with van der Waals surface area (Å²) in [6.07, 6.45) is 0.965. The number of rotatable bonds is 10. The van der Waals surface area contributed by atoms with Crippen LogP contribution in [0.3, 0.4) is 0 Å². The zero-order valence-corrected chi connectivity index (χ0v) is 12.7. The Hall–Kier alpha value is -0.950. The van der Waals surface area contributed by atoms with Gasteiger partial charge in [-0.1, -0.05) is 19.1 Å². The fourth-order valence-corrected chi connectivity index (χ4v) is 2.71. The summed E-state index contributed by atoms with van der Waals surface area (Å²) in [6, 6.07) is 6.63. The molecule has 1 aromatic carbocycles. The van der Waals surface area contributed by atoms with Crippen LogP contribution in [0.15, 0.2) is 29.2 Å². The van der Waals surface area contributed by atoms with Gasteiger partial charge in [0.1, 0.15) is 0 Å². The van der Waals surface area contributed by atoms with E-state index in [4.69, 9.17) is 15.2 Å². The molecule has 20 heavy (non-hydrogen) atoms. The monoisotopic (exact) mass is 301 g/mol. The molecule has 0 spiro atoms. The van der Waals surface area contributed by atoms with Gasteiger partial charge in [-0.3, -0.25) is 0 Å². The van der Waals surface area contributed by atoms with Crippen LogP contribution >= 0.6 is 0 Å². The highest BCUT2D eigenvalue weighted by Gasteiger charge is 2.13. The predicted octanol–water partition coefficient (Wildman–Crippen LogP) is 1.36. The first-order valence-corrected chi connectivity index (χ1v) is 8.42. The number of sulfone groups is 1. The summed E-state index contributed by atoms with van der Waals surface area (Å²) in [5.41, 5.74) is 6.39. The van der Waals surface area contributed by atoms with Crippen molar-refractivity contribution < 1.29 is 17.9 Å². The standard InChI is InChI=1S/C14H23NO4S/c1-2-7-18-8-9-19-10-11-20(16,17)14-5-3-13(12-15)4-6-14/h3-6H,2,7-12,15H2,1H3. The third-order valence-electron chi connectivity index (χ3n) is 2.74. The summed E-state index contributed by atoms with van der Waals surface area (Å²) in [4.78, 5) is 0.306. The summed E-state index contributed by atoms with van der Waals surface area (Å²) in [6.45, 7) is 4.23. The van der Waals surface area contributed by atoms with E-state index in [9.17, 15) is 8.42 Å². The molecule has 0 fully saturated rings. The second-order valence-corrected chi connectivity index (χ2v) is 6.50. The lowest BCUT2D eigenvalue weighted by molar-refractivity contribution is 0.0537. The second kappa shape index (κ2) is 9.07. The minimum absolute atomic E-state index is 0.0251. The zero-order valence-electron chi connectivity index (χ0n) is 11.9. The fraction of sp³-hybridized carbons (Fsp3) is 0.571. The van der Waals surface area contributed by atoms with Gasteiger partial charge in [0.15, 0.2) is 9.84 Å². The average molecular weight is 301 g/mol. The number of benzene rings is 1. The maximum absolute atomic E-state index is 12.0. The van der Waals surface area contributed by atoms with Crippen LogP contribution in [0.5, 0.6) is 0 Å². The van der Waals surface area contributed by atoms with E-state index in [-0.39, 0.29) is 12.4 Å². The molecule has 1 aromatic rings. The number of hydrogen-bond acceptors (Lipinski definition) is 5. The Labute approximate surface area is 121 Å². The number of hydrogen-bond donors (Lipinski definition) is 1. The summed E-state index contributed by atoms with van der Waals surface area (Å²) in [5, 5.41) is 0. The van der Waals surface area contributed by atoms with Crippen LogP contribution in [-0.2, 0) is 25.9 Å². The molecule has 0 bridgehead atoms. The van der Waals surface area contributed by atoms with Gasteiger partial charge in [0.05, 0.1) is 30.5 Å². The SMILES string of the molecule is CCCOCCOCCS(=O)(=O)c1ccc(CN)cc1. The molecule has 0 radical (unpaired) electrons. The van der Waals surface area contributed by atoms with Gasteiger partial charge in [-0.05, 0) is 24.1 Å². The molecule has 0 aliphatic heterocycles. The molecule has 0 saturated carbocycles. The Morgan fingerprint density at radius 1 is 1.00 bits per heavy atom. The summed E-state index contributed by atoms with van der Waals surface area (Å²) >= 11 is 0. The topological polar surface area (TPSA) is 78.6 Å². The normalized spacial score (nSPS) is 11.7. The van der Waals surface area contributed by atoms with Gasteiger partial charge < -0.3 is 15.2 Å². The van der Waals surface area contributed by atoms with Crippen molar-refractivity contribution in [3.63, 3.8) is 0 Å². The lowest BCUT2D eigenvalue weighted by atomic mass is 10.2. The predicted molar refractivity (Wildman–Crippen MR) is 78.3 cm³/mol. The highest BCUT2D eigenvalue weighted by Crippen LogP contribution is 2.12. The van der Waals surface area contributed by atoms with E-state index >= 15 is 0 Å².